The van der Waals surface area contributed by atoms with E-state index < -0.39 is 29.2 Å². The van der Waals surface area contributed by atoms with E-state index >= 15 is 0 Å². The van der Waals surface area contributed by atoms with E-state index in [-0.39, 0.29) is 22.3 Å². The number of aromatic amines is 1. The largest absolute Gasteiger partial charge is 0.465 e. The van der Waals surface area contributed by atoms with Crippen LogP contribution in [0.2, 0.25) is 5.15 Å². The van der Waals surface area contributed by atoms with Crippen LogP contribution in [0.1, 0.15) is 24.5 Å². The van der Waals surface area contributed by atoms with Gasteiger partial charge < -0.3 is 19.5 Å². The summed E-state index contributed by atoms with van der Waals surface area (Å²) < 4.78 is 11.2. The quantitative estimate of drug-likeness (QED) is 0.494. The second-order valence-electron chi connectivity index (χ2n) is 7.57. The van der Waals surface area contributed by atoms with Crippen LogP contribution in [0.3, 0.4) is 0 Å². The first kappa shape index (κ1) is 18.9. The van der Waals surface area contributed by atoms with Crippen LogP contribution in [0.25, 0.3) is 0 Å². The summed E-state index contributed by atoms with van der Waals surface area (Å²) in [4.78, 5) is 38.9. The van der Waals surface area contributed by atoms with Crippen molar-refractivity contribution in [3.8, 4) is 0 Å². The van der Waals surface area contributed by atoms with Gasteiger partial charge in [-0.15, -0.1) is 0 Å². The monoisotopic (exact) mass is 405 g/mol. The summed E-state index contributed by atoms with van der Waals surface area (Å²) in [5.74, 6) is 0.332. The Balaban J connectivity index is 1.58. The number of furan rings is 1. The lowest BCUT2D eigenvalue weighted by Crippen LogP contribution is -2.69. The zero-order chi connectivity index (χ0) is 20.1. The number of hydrogen-bond donors (Lipinski definition) is 3. The van der Waals surface area contributed by atoms with Crippen molar-refractivity contribution in [2.45, 2.75) is 32.0 Å². The van der Waals surface area contributed by atoms with Crippen LogP contribution in [0.4, 0.5) is 5.69 Å². The Bertz CT molecular complexity index is 993. The van der Waals surface area contributed by atoms with Gasteiger partial charge in [0.1, 0.15) is 34.4 Å². The molecule has 9 heteroatoms. The van der Waals surface area contributed by atoms with E-state index in [9.17, 15) is 14.4 Å². The molecule has 0 amide bonds. The number of halogens is 1. The maximum atomic E-state index is 12.3. The molecule has 3 N–H and O–H groups in total. The third kappa shape index (κ3) is 3.17. The maximum absolute atomic E-state index is 12.3. The number of ether oxygens (including phenoxy) is 1. The van der Waals surface area contributed by atoms with E-state index in [2.05, 4.69) is 15.6 Å². The molecule has 0 spiro atoms. The van der Waals surface area contributed by atoms with Gasteiger partial charge in [-0.2, -0.15) is 0 Å². The molecule has 0 radical (unpaired) electrons. The van der Waals surface area contributed by atoms with Gasteiger partial charge in [-0.05, 0) is 31.2 Å². The molecular weight excluding hydrogens is 386 g/mol. The van der Waals surface area contributed by atoms with Gasteiger partial charge in [0, 0.05) is 5.41 Å². The van der Waals surface area contributed by atoms with Gasteiger partial charge in [0.05, 0.1) is 19.3 Å². The number of hydrogen-bond acceptors (Lipinski definition) is 7. The Morgan fingerprint density at radius 2 is 1.86 bits per heavy atom. The molecule has 1 saturated heterocycles. The predicted molar refractivity (Wildman–Crippen MR) is 102 cm³/mol. The summed E-state index contributed by atoms with van der Waals surface area (Å²) in [5.41, 5.74) is -0.563. The normalized spacial score (nSPS) is 24.4. The molecule has 148 valence electrons. The summed E-state index contributed by atoms with van der Waals surface area (Å²) in [6, 6.07) is 4.73. The van der Waals surface area contributed by atoms with E-state index in [1.54, 1.807) is 0 Å². The second-order valence-corrected chi connectivity index (χ2v) is 7.98. The van der Waals surface area contributed by atoms with Gasteiger partial charge in [-0.3, -0.25) is 19.7 Å². The fraction of sp³-hybridized carbons (Fsp3) is 0.421. The van der Waals surface area contributed by atoms with Gasteiger partial charge in [0.2, 0.25) is 11.6 Å². The number of aryl methyl sites for hydroxylation is 1. The summed E-state index contributed by atoms with van der Waals surface area (Å²) in [7, 11) is 0. The summed E-state index contributed by atoms with van der Waals surface area (Å²) >= 11 is 5.75. The molecule has 4 rings (SSSR count). The van der Waals surface area contributed by atoms with Gasteiger partial charge in [-0.25, -0.2) is 0 Å². The lowest BCUT2D eigenvalue weighted by atomic mass is 9.76. The van der Waals surface area contributed by atoms with Crippen LogP contribution in [-0.2, 0) is 14.3 Å². The fourth-order valence-electron chi connectivity index (χ4n) is 3.57. The number of H-pyrrole nitrogens is 1. The van der Waals surface area contributed by atoms with Crippen molar-refractivity contribution in [3.05, 3.63) is 51.3 Å². The standard InChI is InChI=1S/C19H20ClN3O5/c1-9-3-5-11(28-9)17(19(2)7-27-8-19)23-14-13(15(24)16(14)25)21-10-4-6-12(20)22-18(10)26/h3-6,13-14,17,21,23H,7-8H2,1-2H3,(H,22,26). The van der Waals surface area contributed by atoms with E-state index in [4.69, 9.17) is 20.8 Å². The Hall–Kier alpha value is -2.42. The third-order valence-electron chi connectivity index (χ3n) is 5.28. The average Bonchev–Trinajstić information content (AvgIpc) is 3.06. The Morgan fingerprint density at radius 1 is 1.14 bits per heavy atom. The molecule has 1 aliphatic carbocycles. The smallest absolute Gasteiger partial charge is 0.272 e. The number of pyridine rings is 1. The summed E-state index contributed by atoms with van der Waals surface area (Å²) in [6.45, 7) is 4.89. The van der Waals surface area contributed by atoms with Gasteiger partial charge in [0.15, 0.2) is 0 Å². The molecular formula is C19H20ClN3O5. The molecule has 1 aliphatic heterocycles. The molecule has 3 unspecified atom stereocenters. The number of Topliss-reactive ketones (excluding diaryl/α,β-unsaturated/α-hetero) is 2. The number of nitrogens with one attached hydrogen (secondary N) is 3. The van der Waals surface area contributed by atoms with Crippen molar-refractivity contribution < 1.29 is 18.7 Å². The maximum Gasteiger partial charge on any atom is 0.272 e. The van der Waals surface area contributed by atoms with Gasteiger partial charge >= 0.3 is 0 Å². The van der Waals surface area contributed by atoms with Crippen molar-refractivity contribution in [1.29, 1.82) is 0 Å². The summed E-state index contributed by atoms with van der Waals surface area (Å²) in [6.07, 6.45) is 0. The Morgan fingerprint density at radius 3 is 2.43 bits per heavy atom. The first-order valence-corrected chi connectivity index (χ1v) is 9.30. The molecule has 3 heterocycles. The van der Waals surface area contributed by atoms with Crippen LogP contribution in [-0.4, -0.2) is 41.8 Å². The topological polar surface area (TPSA) is 113 Å². The molecule has 2 fully saturated rings. The number of rotatable bonds is 6. The van der Waals surface area contributed by atoms with E-state index in [0.29, 0.717) is 19.0 Å². The van der Waals surface area contributed by atoms with E-state index in [1.165, 1.54) is 12.1 Å². The molecule has 0 bridgehead atoms. The molecule has 2 aliphatic rings. The zero-order valence-corrected chi connectivity index (χ0v) is 16.1. The number of carbonyl (C=O) groups is 2. The minimum absolute atomic E-state index is 0.172. The molecule has 2 aromatic rings. The second kappa shape index (κ2) is 6.88. The zero-order valence-electron chi connectivity index (χ0n) is 15.4. The molecule has 3 atom stereocenters. The highest BCUT2D eigenvalue weighted by atomic mass is 35.5. The highest BCUT2D eigenvalue weighted by molar-refractivity contribution is 6.49. The number of aromatic nitrogens is 1. The summed E-state index contributed by atoms with van der Waals surface area (Å²) in [5, 5.41) is 6.31. The van der Waals surface area contributed by atoms with Crippen LogP contribution >= 0.6 is 11.6 Å². The van der Waals surface area contributed by atoms with E-state index in [0.717, 1.165) is 5.76 Å². The van der Waals surface area contributed by atoms with Crippen molar-refractivity contribution >= 4 is 28.9 Å². The van der Waals surface area contributed by atoms with Crippen molar-refractivity contribution in [2.75, 3.05) is 18.5 Å². The first-order valence-electron chi connectivity index (χ1n) is 8.92. The number of carbonyl (C=O) groups excluding carboxylic acids is 2. The van der Waals surface area contributed by atoms with Gasteiger partial charge in [0.25, 0.3) is 5.56 Å². The molecule has 28 heavy (non-hydrogen) atoms. The SMILES string of the molecule is Cc1ccc(C(NC2C(=O)C(=O)C2Nc2ccc(Cl)[nH]c2=O)C2(C)COC2)o1. The van der Waals surface area contributed by atoms with Crippen LogP contribution < -0.4 is 16.2 Å². The van der Waals surface area contributed by atoms with Crippen molar-refractivity contribution in [3.63, 3.8) is 0 Å². The van der Waals surface area contributed by atoms with E-state index in [1.807, 2.05) is 26.0 Å². The fourth-order valence-corrected chi connectivity index (χ4v) is 3.72. The van der Waals surface area contributed by atoms with Crippen LogP contribution in [0.15, 0.2) is 33.5 Å². The third-order valence-corrected chi connectivity index (χ3v) is 5.50. The van der Waals surface area contributed by atoms with Crippen molar-refractivity contribution in [1.82, 2.24) is 10.3 Å². The predicted octanol–water partition coefficient (Wildman–Crippen LogP) is 1.60. The Labute approximate surface area is 165 Å². The number of ketones is 2. The first-order chi connectivity index (χ1) is 13.3. The average molecular weight is 406 g/mol. The number of anilines is 1. The van der Waals surface area contributed by atoms with Crippen molar-refractivity contribution in [2.24, 2.45) is 5.41 Å². The molecule has 0 aromatic carbocycles. The van der Waals surface area contributed by atoms with Crippen LogP contribution in [0.5, 0.6) is 0 Å². The molecule has 2 aromatic heterocycles. The minimum Gasteiger partial charge on any atom is -0.465 e. The van der Waals surface area contributed by atoms with Crippen LogP contribution in [0, 0.1) is 12.3 Å². The van der Waals surface area contributed by atoms with Gasteiger partial charge in [-0.1, -0.05) is 18.5 Å². The highest BCUT2D eigenvalue weighted by Gasteiger charge is 2.53. The molecule has 8 nitrogen and oxygen atoms in total. The molecule has 1 saturated carbocycles. The minimum atomic E-state index is -0.849. The Kier molecular flexibility index (Phi) is 4.65. The lowest BCUT2D eigenvalue weighted by molar-refractivity contribution is -0.150. The lowest BCUT2D eigenvalue weighted by Gasteiger charge is -2.47. The highest BCUT2D eigenvalue weighted by Crippen LogP contribution is 2.41.